The Hall–Kier alpha value is -2.85. The number of aromatic nitrogens is 2. The first-order valence-corrected chi connectivity index (χ1v) is 9.89. The van der Waals surface area contributed by atoms with Crippen LogP contribution in [-0.2, 0) is 4.74 Å². The second-order valence-corrected chi connectivity index (χ2v) is 8.14. The van der Waals surface area contributed by atoms with Crippen molar-refractivity contribution < 1.29 is 14.6 Å². The fourth-order valence-electron chi connectivity index (χ4n) is 3.23. The fourth-order valence-corrected chi connectivity index (χ4v) is 3.23. The van der Waals surface area contributed by atoms with Crippen molar-refractivity contribution in [3.8, 4) is 11.8 Å². The van der Waals surface area contributed by atoms with Gasteiger partial charge in [0.2, 0.25) is 0 Å². The van der Waals surface area contributed by atoms with Gasteiger partial charge in [0.25, 0.3) is 5.56 Å². The highest BCUT2D eigenvalue weighted by Crippen LogP contribution is 2.36. The Balaban J connectivity index is 2.11. The van der Waals surface area contributed by atoms with Crippen molar-refractivity contribution in [1.29, 1.82) is 0 Å². The zero-order valence-electron chi connectivity index (χ0n) is 17.3. The molecule has 1 aliphatic rings. The summed E-state index contributed by atoms with van der Waals surface area (Å²) in [5.41, 5.74) is 0.286. The van der Waals surface area contributed by atoms with Crippen LogP contribution in [0.1, 0.15) is 70.4 Å². The number of benzene rings is 1. The van der Waals surface area contributed by atoms with Crippen LogP contribution < -0.4 is 10.9 Å². The first-order chi connectivity index (χ1) is 13.7. The number of carbonyl (C=O) groups excluding carboxylic acids is 1. The highest BCUT2D eigenvalue weighted by molar-refractivity contribution is 5.84. The summed E-state index contributed by atoms with van der Waals surface area (Å²) >= 11 is 0. The largest absolute Gasteiger partial charge is 0.444 e. The highest BCUT2D eigenvalue weighted by Gasteiger charge is 2.32. The molecule has 1 atom stereocenters. The SMILES string of the molecule is CC[C@H](NC(=O)OC(C)(C)C)c1nc2cccc(C#CCO)c2c(=O)n1C1CC1. The van der Waals surface area contributed by atoms with Crippen LogP contribution in [0, 0.1) is 11.8 Å². The summed E-state index contributed by atoms with van der Waals surface area (Å²) in [5.74, 6) is 5.98. The van der Waals surface area contributed by atoms with Crippen LogP contribution in [0.2, 0.25) is 0 Å². The number of hydrogen-bond donors (Lipinski definition) is 2. The topological polar surface area (TPSA) is 93.5 Å². The van der Waals surface area contributed by atoms with Crippen molar-refractivity contribution in [3.63, 3.8) is 0 Å². The fraction of sp³-hybridized carbons (Fsp3) is 0.500. The highest BCUT2D eigenvalue weighted by atomic mass is 16.6. The first-order valence-electron chi connectivity index (χ1n) is 9.89. The number of ether oxygens (including phenoxy) is 1. The number of carbonyl (C=O) groups is 1. The first kappa shape index (κ1) is 20.9. The normalized spacial score (nSPS) is 14.8. The summed E-state index contributed by atoms with van der Waals surface area (Å²) in [7, 11) is 0. The van der Waals surface area contributed by atoms with E-state index in [9.17, 15) is 9.59 Å². The van der Waals surface area contributed by atoms with Crippen molar-refractivity contribution in [1.82, 2.24) is 14.9 Å². The minimum atomic E-state index is -0.615. The lowest BCUT2D eigenvalue weighted by molar-refractivity contribution is 0.0498. The summed E-state index contributed by atoms with van der Waals surface area (Å²) in [4.78, 5) is 30.5. The van der Waals surface area contributed by atoms with Crippen LogP contribution in [0.25, 0.3) is 10.9 Å². The van der Waals surface area contributed by atoms with E-state index in [2.05, 4.69) is 17.2 Å². The average molecular weight is 397 g/mol. The van der Waals surface area contributed by atoms with Crippen molar-refractivity contribution in [2.45, 2.75) is 64.6 Å². The maximum atomic E-state index is 13.4. The van der Waals surface area contributed by atoms with Gasteiger partial charge < -0.3 is 15.2 Å². The third-order valence-electron chi connectivity index (χ3n) is 4.58. The summed E-state index contributed by atoms with van der Waals surface area (Å²) in [6.45, 7) is 7.06. The van der Waals surface area contributed by atoms with Gasteiger partial charge in [0.05, 0.1) is 16.9 Å². The van der Waals surface area contributed by atoms with E-state index < -0.39 is 17.7 Å². The van der Waals surface area contributed by atoms with Crippen molar-refractivity contribution in [3.05, 3.63) is 39.9 Å². The number of aliphatic hydroxyl groups is 1. The van der Waals surface area contributed by atoms with E-state index in [-0.39, 0.29) is 18.2 Å². The molecular formula is C22H27N3O4. The molecule has 2 N–H and O–H groups in total. The van der Waals surface area contributed by atoms with Gasteiger partial charge in [-0.3, -0.25) is 9.36 Å². The number of rotatable bonds is 4. The Bertz CT molecular complexity index is 1040. The third kappa shape index (κ3) is 4.77. The molecule has 1 fully saturated rings. The zero-order valence-corrected chi connectivity index (χ0v) is 17.3. The van der Waals surface area contributed by atoms with E-state index >= 15 is 0 Å². The molecule has 0 unspecified atom stereocenters. The molecule has 0 aliphatic heterocycles. The summed E-state index contributed by atoms with van der Waals surface area (Å²) in [6.07, 6.45) is 1.82. The molecule has 154 valence electrons. The standard InChI is InChI=1S/C22H27N3O4/c1-5-16(24-21(28)29-22(2,3)4)19-23-17-10-6-8-14(9-7-13-26)18(17)20(27)25(19)15-11-12-15/h6,8,10,15-16,26H,5,11-13H2,1-4H3,(H,24,28)/t16-/m0/s1. The van der Waals surface area contributed by atoms with Gasteiger partial charge in [-0.05, 0) is 52.2 Å². The van der Waals surface area contributed by atoms with Crippen LogP contribution in [-0.4, -0.2) is 33.0 Å². The molecule has 1 aromatic carbocycles. The monoisotopic (exact) mass is 397 g/mol. The van der Waals surface area contributed by atoms with Crippen LogP contribution >= 0.6 is 0 Å². The molecule has 0 spiro atoms. The molecule has 0 bridgehead atoms. The number of alkyl carbamates (subject to hydrolysis) is 1. The minimum absolute atomic E-state index is 0.0720. The Morgan fingerprint density at radius 1 is 1.41 bits per heavy atom. The molecule has 7 nitrogen and oxygen atoms in total. The van der Waals surface area contributed by atoms with Crippen LogP contribution in [0.4, 0.5) is 4.79 Å². The van der Waals surface area contributed by atoms with Crippen molar-refractivity contribution >= 4 is 17.0 Å². The molecule has 1 amide bonds. The average Bonchev–Trinajstić information content (AvgIpc) is 3.47. The van der Waals surface area contributed by atoms with E-state index in [1.165, 1.54) is 0 Å². The lowest BCUT2D eigenvalue weighted by Gasteiger charge is -2.24. The van der Waals surface area contributed by atoms with E-state index in [1.807, 2.05) is 6.92 Å². The molecule has 29 heavy (non-hydrogen) atoms. The Morgan fingerprint density at radius 3 is 2.72 bits per heavy atom. The molecule has 0 radical (unpaired) electrons. The molecule has 3 rings (SSSR count). The minimum Gasteiger partial charge on any atom is -0.444 e. The maximum absolute atomic E-state index is 13.4. The van der Waals surface area contributed by atoms with Gasteiger partial charge in [-0.15, -0.1) is 0 Å². The van der Waals surface area contributed by atoms with E-state index in [4.69, 9.17) is 14.8 Å². The summed E-state index contributed by atoms with van der Waals surface area (Å²) in [5, 5.41) is 12.3. The van der Waals surface area contributed by atoms with E-state index in [1.54, 1.807) is 43.5 Å². The molecule has 1 aliphatic carbocycles. The maximum Gasteiger partial charge on any atom is 0.408 e. The predicted molar refractivity (Wildman–Crippen MR) is 111 cm³/mol. The number of hydrogen-bond acceptors (Lipinski definition) is 5. The van der Waals surface area contributed by atoms with Crippen LogP contribution in [0.3, 0.4) is 0 Å². The Morgan fingerprint density at radius 2 is 2.14 bits per heavy atom. The van der Waals surface area contributed by atoms with Crippen LogP contribution in [0.5, 0.6) is 0 Å². The molecule has 7 heteroatoms. The molecule has 2 aromatic rings. The van der Waals surface area contributed by atoms with Gasteiger partial charge in [0.15, 0.2) is 0 Å². The summed E-state index contributed by atoms with van der Waals surface area (Å²) in [6, 6.07) is 4.92. The van der Waals surface area contributed by atoms with Crippen molar-refractivity contribution in [2.24, 2.45) is 0 Å². The number of nitrogens with one attached hydrogen (secondary N) is 1. The van der Waals surface area contributed by atoms with Crippen molar-refractivity contribution in [2.75, 3.05) is 6.61 Å². The van der Waals surface area contributed by atoms with Crippen LogP contribution in [0.15, 0.2) is 23.0 Å². The molecule has 1 heterocycles. The molecule has 1 aromatic heterocycles. The number of fused-ring (bicyclic) bond motifs is 1. The number of nitrogens with zero attached hydrogens (tertiary/aromatic N) is 2. The second-order valence-electron chi connectivity index (χ2n) is 8.14. The smallest absolute Gasteiger partial charge is 0.408 e. The Labute approximate surface area is 170 Å². The molecule has 1 saturated carbocycles. The molecule has 0 saturated heterocycles. The third-order valence-corrected chi connectivity index (χ3v) is 4.58. The van der Waals surface area contributed by atoms with Gasteiger partial charge >= 0.3 is 6.09 Å². The van der Waals surface area contributed by atoms with E-state index in [0.29, 0.717) is 28.7 Å². The van der Waals surface area contributed by atoms with Gasteiger partial charge in [0.1, 0.15) is 18.0 Å². The van der Waals surface area contributed by atoms with E-state index in [0.717, 1.165) is 12.8 Å². The van der Waals surface area contributed by atoms with Gasteiger partial charge in [-0.25, -0.2) is 9.78 Å². The predicted octanol–water partition coefficient (Wildman–Crippen LogP) is 3.05. The van der Waals surface area contributed by atoms with Gasteiger partial charge in [0, 0.05) is 11.6 Å². The van der Waals surface area contributed by atoms with Gasteiger partial charge in [-0.1, -0.05) is 24.8 Å². The lowest BCUT2D eigenvalue weighted by Crippen LogP contribution is -2.38. The summed E-state index contributed by atoms with van der Waals surface area (Å²) < 4.78 is 7.07. The zero-order chi connectivity index (χ0) is 21.2. The quantitative estimate of drug-likeness (QED) is 0.774. The Kier molecular flexibility index (Phi) is 5.94. The lowest BCUT2D eigenvalue weighted by atomic mass is 10.1. The number of amides is 1. The number of aliphatic hydroxyl groups excluding tert-OH is 1. The second kappa shape index (κ2) is 8.26. The van der Waals surface area contributed by atoms with Gasteiger partial charge in [-0.2, -0.15) is 0 Å². The molecular weight excluding hydrogens is 370 g/mol.